The summed E-state index contributed by atoms with van der Waals surface area (Å²) in [7, 11) is 0. The van der Waals surface area contributed by atoms with Crippen LogP contribution in [0.15, 0.2) is 60.8 Å². The average Bonchev–Trinajstić information content (AvgIpc) is 3.09. The Morgan fingerprint density at radius 1 is 1.04 bits per heavy atom. The molecule has 3 rings (SSSR count). The van der Waals surface area contributed by atoms with Crippen LogP contribution in [0.25, 0.3) is 10.9 Å². The quantitative estimate of drug-likeness (QED) is 0.582. The minimum Gasteiger partial charge on any atom is -0.459 e. The van der Waals surface area contributed by atoms with Gasteiger partial charge in [-0.15, -0.1) is 0 Å². The number of hydrogen-bond acceptors (Lipinski definition) is 3. The number of nitrogens with one attached hydrogen (secondary N) is 2. The summed E-state index contributed by atoms with van der Waals surface area (Å²) < 4.78 is 5.44. The molecule has 5 nitrogen and oxygen atoms in total. The van der Waals surface area contributed by atoms with E-state index in [1.54, 1.807) is 0 Å². The van der Waals surface area contributed by atoms with Gasteiger partial charge in [-0.2, -0.15) is 0 Å². The van der Waals surface area contributed by atoms with Gasteiger partial charge in [0.1, 0.15) is 12.6 Å². The number of aromatic nitrogens is 1. The molecule has 0 saturated heterocycles. The van der Waals surface area contributed by atoms with Crippen molar-refractivity contribution < 1.29 is 14.3 Å². The summed E-state index contributed by atoms with van der Waals surface area (Å²) in [6.45, 7) is 4.24. The second kappa shape index (κ2) is 9.22. The van der Waals surface area contributed by atoms with Crippen LogP contribution in [0.3, 0.4) is 0 Å². The number of carbonyl (C=O) groups is 2. The molecule has 1 heterocycles. The molecular weight excluding hydrogens is 352 g/mol. The number of fused-ring (bicyclic) bond motifs is 1. The number of carbonyl (C=O) groups excluding carboxylic acids is 2. The molecule has 1 amide bonds. The van der Waals surface area contributed by atoms with Crippen molar-refractivity contribution >= 4 is 22.8 Å². The third-order valence-electron chi connectivity index (χ3n) is 4.58. The third-order valence-corrected chi connectivity index (χ3v) is 4.58. The van der Waals surface area contributed by atoms with Gasteiger partial charge in [0.2, 0.25) is 5.91 Å². The van der Waals surface area contributed by atoms with Crippen LogP contribution in [-0.4, -0.2) is 22.9 Å². The molecule has 0 aliphatic carbocycles. The number of benzene rings is 2. The second-order valence-corrected chi connectivity index (χ2v) is 7.38. The number of ether oxygens (including phenoxy) is 1. The maximum Gasteiger partial charge on any atom is 0.328 e. The highest BCUT2D eigenvalue weighted by molar-refractivity contribution is 5.90. The molecule has 0 aliphatic rings. The summed E-state index contributed by atoms with van der Waals surface area (Å²) in [4.78, 5) is 28.3. The molecule has 2 N–H and O–H groups in total. The number of rotatable bonds is 8. The molecule has 5 heteroatoms. The van der Waals surface area contributed by atoms with Gasteiger partial charge >= 0.3 is 5.97 Å². The van der Waals surface area contributed by atoms with Gasteiger partial charge in [-0.25, -0.2) is 4.79 Å². The molecule has 1 aromatic heterocycles. The van der Waals surface area contributed by atoms with E-state index in [1.807, 2.05) is 74.6 Å². The SMILES string of the molecule is CC(C)C[C@H](NC(=O)Cc1c[nH]c2ccccc12)C(=O)OCc1ccccc1. The van der Waals surface area contributed by atoms with E-state index in [0.29, 0.717) is 6.42 Å². The topological polar surface area (TPSA) is 71.2 Å². The molecule has 0 bridgehead atoms. The number of para-hydroxylation sites is 1. The van der Waals surface area contributed by atoms with Gasteiger partial charge in [0.05, 0.1) is 6.42 Å². The normalized spacial score (nSPS) is 12.1. The van der Waals surface area contributed by atoms with Gasteiger partial charge < -0.3 is 15.0 Å². The first kappa shape index (κ1) is 19.7. The van der Waals surface area contributed by atoms with Crippen LogP contribution in [0.4, 0.5) is 0 Å². The van der Waals surface area contributed by atoms with Crippen molar-refractivity contribution in [1.82, 2.24) is 10.3 Å². The van der Waals surface area contributed by atoms with Gasteiger partial charge in [0.25, 0.3) is 0 Å². The zero-order chi connectivity index (χ0) is 19.9. The van der Waals surface area contributed by atoms with Gasteiger partial charge in [-0.3, -0.25) is 4.79 Å². The second-order valence-electron chi connectivity index (χ2n) is 7.38. The van der Waals surface area contributed by atoms with Crippen molar-refractivity contribution in [3.63, 3.8) is 0 Å². The molecule has 28 heavy (non-hydrogen) atoms. The summed E-state index contributed by atoms with van der Waals surface area (Å²) in [5, 5.41) is 3.88. The standard InChI is InChI=1S/C23H26N2O3/c1-16(2)12-21(23(27)28-15-17-8-4-3-5-9-17)25-22(26)13-18-14-24-20-11-7-6-10-19(18)20/h3-11,14,16,21,24H,12-13,15H2,1-2H3,(H,25,26)/t21-/m0/s1. The Bertz CT molecular complexity index is 931. The van der Waals surface area contributed by atoms with Crippen molar-refractivity contribution in [1.29, 1.82) is 0 Å². The minimum atomic E-state index is -0.651. The number of hydrogen-bond donors (Lipinski definition) is 2. The van der Waals surface area contributed by atoms with Crippen LogP contribution in [0.1, 0.15) is 31.4 Å². The monoisotopic (exact) mass is 378 g/mol. The zero-order valence-corrected chi connectivity index (χ0v) is 16.3. The summed E-state index contributed by atoms with van der Waals surface area (Å²) in [6.07, 6.45) is 2.59. The fourth-order valence-electron chi connectivity index (χ4n) is 3.21. The number of aromatic amines is 1. The predicted octanol–water partition coefficient (Wildman–Crippen LogP) is 3.98. The van der Waals surface area contributed by atoms with E-state index in [9.17, 15) is 9.59 Å². The number of H-pyrrole nitrogens is 1. The molecular formula is C23H26N2O3. The number of amides is 1. The van der Waals surface area contributed by atoms with Crippen LogP contribution >= 0.6 is 0 Å². The van der Waals surface area contributed by atoms with Crippen LogP contribution in [-0.2, 0) is 27.4 Å². The average molecular weight is 378 g/mol. The Morgan fingerprint density at radius 2 is 1.75 bits per heavy atom. The smallest absolute Gasteiger partial charge is 0.328 e. The largest absolute Gasteiger partial charge is 0.459 e. The lowest BCUT2D eigenvalue weighted by Crippen LogP contribution is -2.43. The van der Waals surface area contributed by atoms with Crippen LogP contribution in [0, 0.1) is 5.92 Å². The molecule has 0 spiro atoms. The highest BCUT2D eigenvalue weighted by Gasteiger charge is 2.24. The van der Waals surface area contributed by atoms with Crippen molar-refractivity contribution in [3.8, 4) is 0 Å². The van der Waals surface area contributed by atoms with Crippen LogP contribution in [0.2, 0.25) is 0 Å². The Kier molecular flexibility index (Phi) is 6.48. The Hall–Kier alpha value is -3.08. The fourth-order valence-corrected chi connectivity index (χ4v) is 3.21. The first-order valence-corrected chi connectivity index (χ1v) is 9.58. The van der Waals surface area contributed by atoms with Crippen molar-refractivity contribution in [3.05, 3.63) is 71.9 Å². The van der Waals surface area contributed by atoms with Crippen LogP contribution < -0.4 is 5.32 Å². The first-order chi connectivity index (χ1) is 13.5. The van der Waals surface area contributed by atoms with Gasteiger partial charge in [-0.05, 0) is 29.5 Å². The summed E-state index contributed by atoms with van der Waals surface area (Å²) in [6, 6.07) is 16.7. The molecule has 0 fully saturated rings. The predicted molar refractivity (Wildman–Crippen MR) is 110 cm³/mol. The zero-order valence-electron chi connectivity index (χ0n) is 16.3. The lowest BCUT2D eigenvalue weighted by atomic mass is 10.0. The molecule has 0 aliphatic heterocycles. The van der Waals surface area contributed by atoms with Gasteiger partial charge in [-0.1, -0.05) is 62.4 Å². The summed E-state index contributed by atoms with van der Waals surface area (Å²) in [5.74, 6) is -0.334. The molecule has 0 saturated carbocycles. The molecule has 2 aromatic carbocycles. The molecule has 3 aromatic rings. The summed E-state index contributed by atoms with van der Waals surface area (Å²) >= 11 is 0. The lowest BCUT2D eigenvalue weighted by molar-refractivity contribution is -0.149. The highest BCUT2D eigenvalue weighted by atomic mass is 16.5. The fraction of sp³-hybridized carbons (Fsp3) is 0.304. The van der Waals surface area contributed by atoms with E-state index in [2.05, 4.69) is 10.3 Å². The summed E-state index contributed by atoms with van der Waals surface area (Å²) in [5.41, 5.74) is 2.82. The van der Waals surface area contributed by atoms with Gasteiger partial charge in [0, 0.05) is 17.1 Å². The maximum absolute atomic E-state index is 12.6. The van der Waals surface area contributed by atoms with Crippen molar-refractivity contribution in [2.45, 2.75) is 39.3 Å². The minimum absolute atomic E-state index is 0.188. The van der Waals surface area contributed by atoms with Crippen molar-refractivity contribution in [2.24, 2.45) is 5.92 Å². The van der Waals surface area contributed by atoms with Crippen molar-refractivity contribution in [2.75, 3.05) is 0 Å². The lowest BCUT2D eigenvalue weighted by Gasteiger charge is -2.19. The molecule has 146 valence electrons. The Labute approximate surface area is 165 Å². The Morgan fingerprint density at radius 3 is 2.50 bits per heavy atom. The van der Waals surface area contributed by atoms with E-state index in [0.717, 1.165) is 22.0 Å². The molecule has 0 unspecified atom stereocenters. The van der Waals surface area contributed by atoms with Gasteiger partial charge in [0.15, 0.2) is 0 Å². The maximum atomic E-state index is 12.6. The highest BCUT2D eigenvalue weighted by Crippen LogP contribution is 2.18. The first-order valence-electron chi connectivity index (χ1n) is 9.58. The number of esters is 1. The van der Waals surface area contributed by atoms with E-state index in [1.165, 1.54) is 0 Å². The van der Waals surface area contributed by atoms with E-state index in [4.69, 9.17) is 4.74 Å². The van der Waals surface area contributed by atoms with Crippen LogP contribution in [0.5, 0.6) is 0 Å². The molecule has 1 atom stereocenters. The third kappa shape index (κ3) is 5.22. The Balaban J connectivity index is 1.62. The van der Waals surface area contributed by atoms with E-state index >= 15 is 0 Å². The molecule has 0 radical (unpaired) electrons. The van der Waals surface area contributed by atoms with E-state index < -0.39 is 12.0 Å². The van der Waals surface area contributed by atoms with E-state index in [-0.39, 0.29) is 24.9 Å².